The van der Waals surface area contributed by atoms with Crippen LogP contribution in [0.2, 0.25) is 0 Å². The molecule has 0 unspecified atom stereocenters. The second-order valence-electron chi connectivity index (χ2n) is 6.38. The Morgan fingerprint density at radius 3 is 2.48 bits per heavy atom. The summed E-state index contributed by atoms with van der Waals surface area (Å²) >= 11 is 0. The van der Waals surface area contributed by atoms with Crippen molar-refractivity contribution < 1.29 is 26.4 Å². The number of carbonyl (C=O) groups is 1. The minimum atomic E-state index is -4.60. The predicted molar refractivity (Wildman–Crippen MR) is 92.7 cm³/mol. The number of halogens is 4. The molecule has 3 rings (SSSR count). The summed E-state index contributed by atoms with van der Waals surface area (Å²) in [6.45, 7) is -0.808. The van der Waals surface area contributed by atoms with Gasteiger partial charge in [-0.25, -0.2) is 19.8 Å². The third-order valence-electron chi connectivity index (χ3n) is 4.75. The average molecular weight is 431 g/mol. The monoisotopic (exact) mass is 430 g/mol. The molecule has 2 aliphatic heterocycles. The Morgan fingerprint density at radius 1 is 1.30 bits per heavy atom. The lowest BCUT2D eigenvalue weighted by Gasteiger charge is -2.43. The fourth-order valence-corrected chi connectivity index (χ4v) is 3.71. The van der Waals surface area contributed by atoms with Gasteiger partial charge >= 0.3 is 6.18 Å². The number of amides is 1. The minimum Gasteiger partial charge on any atom is -0.356 e. The van der Waals surface area contributed by atoms with Gasteiger partial charge in [0.15, 0.2) is 0 Å². The molecule has 1 amide bonds. The smallest absolute Gasteiger partial charge is 0.356 e. The molecule has 0 bridgehead atoms. The molecule has 14 heteroatoms. The molecule has 1 fully saturated rings. The number of fused-ring (bicyclic) bond motifs is 1. The van der Waals surface area contributed by atoms with Crippen molar-refractivity contribution in [3.63, 3.8) is 0 Å². The molecule has 4 N–H and O–H groups in total. The van der Waals surface area contributed by atoms with E-state index < -0.39 is 28.3 Å². The maximum Gasteiger partial charge on any atom is 0.395 e. The molecular formula is C13H18ClF3N6O3S. The van der Waals surface area contributed by atoms with Gasteiger partial charge in [-0.3, -0.25) is 4.79 Å². The van der Waals surface area contributed by atoms with Crippen molar-refractivity contribution in [2.75, 3.05) is 29.9 Å². The highest BCUT2D eigenvalue weighted by molar-refractivity contribution is 7.87. The Bertz CT molecular complexity index is 827. The van der Waals surface area contributed by atoms with Crippen LogP contribution in [-0.2, 0) is 21.4 Å². The van der Waals surface area contributed by atoms with E-state index in [1.807, 2.05) is 0 Å². The molecular weight excluding hydrogens is 413 g/mol. The van der Waals surface area contributed by atoms with Crippen molar-refractivity contribution in [1.29, 1.82) is 0 Å². The van der Waals surface area contributed by atoms with Gasteiger partial charge in [-0.05, 0) is 12.8 Å². The summed E-state index contributed by atoms with van der Waals surface area (Å²) in [4.78, 5) is 21.2. The van der Waals surface area contributed by atoms with Crippen molar-refractivity contribution in [3.8, 4) is 0 Å². The quantitative estimate of drug-likeness (QED) is 0.631. The van der Waals surface area contributed by atoms with Gasteiger partial charge in [0.05, 0.1) is 11.8 Å². The zero-order chi connectivity index (χ0) is 19.2. The number of nitrogens with one attached hydrogen (secondary N) is 2. The molecule has 0 atom stereocenters. The maximum absolute atomic E-state index is 13.6. The van der Waals surface area contributed by atoms with Crippen LogP contribution < -0.4 is 20.1 Å². The topological polar surface area (TPSA) is 130 Å². The third-order valence-corrected chi connectivity index (χ3v) is 5.30. The van der Waals surface area contributed by atoms with Crippen molar-refractivity contribution in [1.82, 2.24) is 14.7 Å². The summed E-state index contributed by atoms with van der Waals surface area (Å²) in [5, 5.41) is 7.34. The van der Waals surface area contributed by atoms with E-state index in [-0.39, 0.29) is 50.7 Å². The van der Waals surface area contributed by atoms with E-state index in [0.717, 1.165) is 0 Å². The lowest BCUT2D eigenvalue weighted by Crippen LogP contribution is -2.54. The standard InChI is InChI=1S/C13H17F3N6O3S.ClH/c14-13(15,16)12(6-20-26(17,24)25)1-3-22(4-2-12)11-8-5-9(23)21-10(8)18-7-19-11;/h7,20H,1-6H2,(H2,17,24,25)(H,18,19,21,23);1H. The number of hydrogen-bond donors (Lipinski definition) is 3. The molecule has 2 aliphatic rings. The van der Waals surface area contributed by atoms with E-state index >= 15 is 0 Å². The molecule has 27 heavy (non-hydrogen) atoms. The van der Waals surface area contributed by atoms with Gasteiger partial charge in [-0.2, -0.15) is 21.6 Å². The summed E-state index contributed by atoms with van der Waals surface area (Å²) < 4.78 is 64.6. The second kappa shape index (κ2) is 7.37. The van der Waals surface area contributed by atoms with Crippen LogP contribution in [0.15, 0.2) is 6.33 Å². The number of nitrogens with two attached hydrogens (primary N) is 1. The van der Waals surface area contributed by atoms with E-state index in [1.54, 1.807) is 9.62 Å². The number of aromatic nitrogens is 2. The Labute approximate surface area is 159 Å². The molecule has 152 valence electrons. The van der Waals surface area contributed by atoms with E-state index in [1.165, 1.54) is 6.33 Å². The Hall–Kier alpha value is -1.70. The van der Waals surface area contributed by atoms with E-state index in [0.29, 0.717) is 17.2 Å². The SMILES string of the molecule is Cl.NS(=O)(=O)NCC1(C(F)(F)F)CCN(c2ncnc3c2CC(=O)N3)CC1. The number of hydrogen-bond acceptors (Lipinski definition) is 6. The normalized spacial score (nSPS) is 19.3. The number of anilines is 2. The largest absolute Gasteiger partial charge is 0.395 e. The fourth-order valence-electron chi connectivity index (χ4n) is 3.23. The van der Waals surface area contributed by atoms with Gasteiger partial charge in [0, 0.05) is 25.2 Å². The molecule has 1 saturated heterocycles. The predicted octanol–water partition coefficient (Wildman–Crippen LogP) is 0.335. The van der Waals surface area contributed by atoms with Crippen LogP contribution in [0.5, 0.6) is 0 Å². The maximum atomic E-state index is 13.6. The molecule has 0 aliphatic carbocycles. The average Bonchev–Trinajstić information content (AvgIpc) is 2.92. The lowest BCUT2D eigenvalue weighted by molar-refractivity contribution is -0.228. The molecule has 0 aromatic carbocycles. The van der Waals surface area contributed by atoms with Crippen molar-refractivity contribution in [3.05, 3.63) is 11.9 Å². The van der Waals surface area contributed by atoms with Gasteiger partial charge in [0.2, 0.25) is 5.91 Å². The first-order chi connectivity index (χ1) is 12.0. The van der Waals surface area contributed by atoms with Crippen molar-refractivity contribution in [2.45, 2.75) is 25.4 Å². The summed E-state index contributed by atoms with van der Waals surface area (Å²) in [6, 6.07) is 0. The Morgan fingerprint density at radius 2 is 1.93 bits per heavy atom. The van der Waals surface area contributed by atoms with Crippen molar-refractivity contribution in [2.24, 2.45) is 10.6 Å². The Kier molecular flexibility index (Phi) is 5.90. The third kappa shape index (κ3) is 4.42. The fraction of sp³-hybridized carbons (Fsp3) is 0.615. The van der Waals surface area contributed by atoms with Crippen LogP contribution in [0.4, 0.5) is 24.8 Å². The second-order valence-corrected chi connectivity index (χ2v) is 7.76. The van der Waals surface area contributed by atoms with Crippen LogP contribution in [0.3, 0.4) is 0 Å². The number of piperidine rings is 1. The van der Waals surface area contributed by atoms with Gasteiger partial charge in [0.1, 0.15) is 18.0 Å². The molecule has 1 aromatic heterocycles. The zero-order valence-electron chi connectivity index (χ0n) is 13.9. The Balaban J connectivity index is 0.00000261. The van der Waals surface area contributed by atoms with Crippen molar-refractivity contribution >= 4 is 40.2 Å². The number of carbonyl (C=O) groups excluding carboxylic acids is 1. The summed E-state index contributed by atoms with van der Waals surface area (Å²) in [7, 11) is -4.23. The highest BCUT2D eigenvalue weighted by Gasteiger charge is 2.56. The van der Waals surface area contributed by atoms with Gasteiger partial charge in [-0.15, -0.1) is 12.4 Å². The zero-order valence-corrected chi connectivity index (χ0v) is 15.5. The highest BCUT2D eigenvalue weighted by atomic mass is 35.5. The first-order valence-electron chi connectivity index (χ1n) is 7.74. The summed E-state index contributed by atoms with van der Waals surface area (Å²) in [5.74, 6) is 0.535. The van der Waals surface area contributed by atoms with Crippen LogP contribution in [0.1, 0.15) is 18.4 Å². The van der Waals surface area contributed by atoms with E-state index in [4.69, 9.17) is 5.14 Å². The van der Waals surface area contributed by atoms with Crippen LogP contribution >= 0.6 is 12.4 Å². The molecule has 9 nitrogen and oxygen atoms in total. The molecule has 1 aromatic rings. The van der Waals surface area contributed by atoms with Crippen LogP contribution in [0, 0.1) is 5.41 Å². The van der Waals surface area contributed by atoms with Crippen LogP contribution in [0.25, 0.3) is 0 Å². The molecule has 0 spiro atoms. The first kappa shape index (κ1) is 21.6. The number of nitrogens with zero attached hydrogens (tertiary/aromatic N) is 3. The highest BCUT2D eigenvalue weighted by Crippen LogP contribution is 2.46. The number of alkyl halides is 3. The van der Waals surface area contributed by atoms with Gasteiger partial charge in [-0.1, -0.05) is 0 Å². The number of rotatable bonds is 4. The van der Waals surface area contributed by atoms with Gasteiger partial charge < -0.3 is 10.2 Å². The lowest BCUT2D eigenvalue weighted by atomic mass is 9.77. The summed E-state index contributed by atoms with van der Waals surface area (Å²) in [5.41, 5.74) is -1.65. The van der Waals surface area contributed by atoms with E-state index in [9.17, 15) is 26.4 Å². The molecule has 3 heterocycles. The molecule has 0 saturated carbocycles. The minimum absolute atomic E-state index is 0. The first-order valence-corrected chi connectivity index (χ1v) is 9.28. The summed E-state index contributed by atoms with van der Waals surface area (Å²) in [6.07, 6.45) is -3.95. The molecule has 0 radical (unpaired) electrons. The van der Waals surface area contributed by atoms with Crippen LogP contribution in [-0.4, -0.2) is 50.1 Å². The van der Waals surface area contributed by atoms with Gasteiger partial charge in [0.25, 0.3) is 10.2 Å². The van der Waals surface area contributed by atoms with E-state index in [2.05, 4.69) is 15.3 Å².